The number of halogens is 2. The van der Waals surface area contributed by atoms with Gasteiger partial charge in [-0.25, -0.2) is 9.18 Å². The summed E-state index contributed by atoms with van der Waals surface area (Å²) < 4.78 is 20.5. The number of carbonyl (C=O) groups excluding carboxylic acids is 1. The van der Waals surface area contributed by atoms with E-state index in [1.807, 2.05) is 24.3 Å². The van der Waals surface area contributed by atoms with E-state index in [-0.39, 0.29) is 18.2 Å². The fraction of sp³-hybridized carbons (Fsp3) is 0.611. The summed E-state index contributed by atoms with van der Waals surface area (Å²) in [6.45, 7) is 0. The van der Waals surface area contributed by atoms with E-state index in [2.05, 4.69) is 26.6 Å². The van der Waals surface area contributed by atoms with E-state index in [4.69, 9.17) is 4.74 Å². The van der Waals surface area contributed by atoms with Gasteiger partial charge in [-0.15, -0.1) is 0 Å². The lowest BCUT2D eigenvalue weighted by atomic mass is 9.70. The van der Waals surface area contributed by atoms with Crippen molar-refractivity contribution in [3.8, 4) is 0 Å². The van der Waals surface area contributed by atoms with Gasteiger partial charge in [0.2, 0.25) is 0 Å². The van der Waals surface area contributed by atoms with Crippen LogP contribution in [-0.2, 0) is 10.3 Å². The largest absolute Gasteiger partial charge is 0.372 e. The Kier molecular flexibility index (Phi) is 3.27. The van der Waals surface area contributed by atoms with Gasteiger partial charge in [-0.1, -0.05) is 28.1 Å². The van der Waals surface area contributed by atoms with Gasteiger partial charge in [0.1, 0.15) is 6.17 Å². The lowest BCUT2D eigenvalue weighted by Gasteiger charge is -2.45. The Hall–Kier alpha value is -1.14. The Morgan fingerprint density at radius 1 is 1.21 bits per heavy atom. The number of benzene rings is 1. The van der Waals surface area contributed by atoms with Crippen molar-refractivity contribution in [2.75, 3.05) is 0 Å². The van der Waals surface area contributed by atoms with Gasteiger partial charge >= 0.3 is 6.03 Å². The van der Waals surface area contributed by atoms with Crippen molar-refractivity contribution in [3.63, 3.8) is 0 Å². The average Bonchev–Trinajstić information content (AvgIpc) is 3.13. The first-order chi connectivity index (χ1) is 11.5. The first kappa shape index (κ1) is 15.1. The van der Waals surface area contributed by atoms with Gasteiger partial charge < -0.3 is 15.4 Å². The van der Waals surface area contributed by atoms with Crippen molar-refractivity contribution in [3.05, 3.63) is 34.3 Å². The van der Waals surface area contributed by atoms with E-state index in [0.29, 0.717) is 24.9 Å². The molecule has 2 heterocycles. The molecule has 0 unspecified atom stereocenters. The van der Waals surface area contributed by atoms with Gasteiger partial charge in [-0.05, 0) is 42.4 Å². The molecule has 2 N–H and O–H groups in total. The van der Waals surface area contributed by atoms with Crippen molar-refractivity contribution < 1.29 is 13.9 Å². The van der Waals surface area contributed by atoms with Crippen LogP contribution in [0.25, 0.3) is 0 Å². The summed E-state index contributed by atoms with van der Waals surface area (Å²) in [6, 6.07) is 7.65. The van der Waals surface area contributed by atoms with Gasteiger partial charge in [0, 0.05) is 17.3 Å². The maximum Gasteiger partial charge on any atom is 0.315 e. The number of amides is 2. The highest BCUT2D eigenvalue weighted by molar-refractivity contribution is 9.10. The molecule has 2 saturated heterocycles. The second kappa shape index (κ2) is 5.18. The number of ether oxygens (including phenoxy) is 1. The Morgan fingerprint density at radius 3 is 2.58 bits per heavy atom. The van der Waals surface area contributed by atoms with Crippen LogP contribution >= 0.6 is 15.9 Å². The maximum atomic E-state index is 13.6. The lowest BCUT2D eigenvalue weighted by molar-refractivity contribution is 0.0625. The van der Waals surface area contributed by atoms with Crippen LogP contribution in [0.15, 0.2) is 28.7 Å². The maximum absolute atomic E-state index is 13.6. The second-order valence-corrected chi connectivity index (χ2v) is 8.65. The smallest absolute Gasteiger partial charge is 0.315 e. The zero-order valence-corrected chi connectivity index (χ0v) is 14.8. The third kappa shape index (κ3) is 2.30. The molecule has 1 aromatic rings. The molecule has 0 radical (unpaired) electrons. The number of carbonyl (C=O) groups is 1. The topological polar surface area (TPSA) is 50.4 Å². The highest BCUT2D eigenvalue weighted by Gasteiger charge is 2.63. The van der Waals surface area contributed by atoms with E-state index >= 15 is 0 Å². The molecule has 6 heteroatoms. The van der Waals surface area contributed by atoms with E-state index in [1.54, 1.807) is 0 Å². The molecule has 128 valence electrons. The molecule has 2 aliphatic heterocycles. The first-order valence-corrected chi connectivity index (χ1v) is 9.48. The molecule has 2 aliphatic carbocycles. The van der Waals surface area contributed by atoms with Crippen molar-refractivity contribution >= 4 is 22.0 Å². The highest BCUT2D eigenvalue weighted by Crippen LogP contribution is 2.58. The standard InChI is InChI=1S/C18H20BrFN2O2/c19-10-3-1-9(2-4-10)18(7-11(20)8-18)22-17(23)21-14-6-15-12-5-13(12)16(14)24-15/h1-4,11-16H,5-8H2,(H2,21,22,23)/t11?,12-,13+,14-,15+,16+,18?/m1/s1. The minimum Gasteiger partial charge on any atom is -0.372 e. The quantitative estimate of drug-likeness (QED) is 0.826. The SMILES string of the molecule is O=C(N[C@@H]1C[C@@H]2O[C@H]1[C@H]1C[C@H]12)NC1(c2ccc(Br)cc2)CC(F)C1. The number of fused-ring (bicyclic) bond motifs is 5. The van der Waals surface area contributed by atoms with Crippen molar-refractivity contribution in [2.45, 2.75) is 55.6 Å². The number of urea groups is 1. The van der Waals surface area contributed by atoms with Crippen LogP contribution < -0.4 is 10.6 Å². The third-order valence-corrected chi connectivity index (χ3v) is 6.74. The number of rotatable bonds is 3. The molecule has 24 heavy (non-hydrogen) atoms. The number of hydrogen-bond acceptors (Lipinski definition) is 2. The second-order valence-electron chi connectivity index (χ2n) is 7.74. The van der Waals surface area contributed by atoms with Crippen molar-refractivity contribution in [1.29, 1.82) is 0 Å². The number of hydrogen-bond donors (Lipinski definition) is 2. The molecule has 4 nitrogen and oxygen atoms in total. The minimum absolute atomic E-state index is 0.0990. The van der Waals surface area contributed by atoms with Gasteiger partial charge in [0.25, 0.3) is 0 Å². The zero-order chi connectivity index (χ0) is 16.5. The van der Waals surface area contributed by atoms with Crippen LogP contribution in [0, 0.1) is 11.8 Å². The van der Waals surface area contributed by atoms with Gasteiger partial charge in [-0.3, -0.25) is 0 Å². The predicted octanol–water partition coefficient (Wildman–Crippen LogP) is 3.25. The Labute approximate surface area is 148 Å². The summed E-state index contributed by atoms with van der Waals surface area (Å²) in [4.78, 5) is 12.5. The monoisotopic (exact) mass is 394 g/mol. The summed E-state index contributed by atoms with van der Waals surface area (Å²) in [5.41, 5.74) is 0.367. The molecule has 2 amide bonds. The summed E-state index contributed by atoms with van der Waals surface area (Å²) in [6.07, 6.45) is 2.50. The third-order valence-electron chi connectivity index (χ3n) is 6.21. The van der Waals surface area contributed by atoms with E-state index < -0.39 is 11.7 Å². The van der Waals surface area contributed by atoms with Crippen LogP contribution in [-0.4, -0.2) is 30.5 Å². The highest BCUT2D eigenvalue weighted by atomic mass is 79.9. The van der Waals surface area contributed by atoms with E-state index in [1.165, 1.54) is 6.42 Å². The summed E-state index contributed by atoms with van der Waals surface area (Å²) in [7, 11) is 0. The van der Waals surface area contributed by atoms with Crippen LogP contribution in [0.3, 0.4) is 0 Å². The zero-order valence-electron chi connectivity index (χ0n) is 13.2. The average molecular weight is 395 g/mol. The summed E-state index contributed by atoms with van der Waals surface area (Å²) >= 11 is 3.41. The summed E-state index contributed by atoms with van der Waals surface area (Å²) in [5.74, 6) is 1.39. The van der Waals surface area contributed by atoms with E-state index in [0.717, 1.165) is 22.4 Å². The number of nitrogens with one attached hydrogen (secondary N) is 2. The number of alkyl halides is 1. The molecule has 5 rings (SSSR count). The molecule has 2 bridgehead atoms. The fourth-order valence-electron chi connectivity index (χ4n) is 4.89. The normalized spacial score (nSPS) is 44.6. The van der Waals surface area contributed by atoms with Gasteiger partial charge in [0.15, 0.2) is 0 Å². The fourth-order valence-corrected chi connectivity index (χ4v) is 5.16. The van der Waals surface area contributed by atoms with Crippen LogP contribution in [0.4, 0.5) is 9.18 Å². The van der Waals surface area contributed by atoms with Crippen LogP contribution in [0.1, 0.15) is 31.2 Å². The minimum atomic E-state index is -0.855. The molecule has 5 atom stereocenters. The summed E-state index contributed by atoms with van der Waals surface area (Å²) in [5, 5.41) is 6.13. The Morgan fingerprint density at radius 2 is 1.96 bits per heavy atom. The molecule has 2 saturated carbocycles. The van der Waals surface area contributed by atoms with Crippen LogP contribution in [0.5, 0.6) is 0 Å². The first-order valence-electron chi connectivity index (χ1n) is 8.68. The van der Waals surface area contributed by atoms with E-state index in [9.17, 15) is 9.18 Å². The van der Waals surface area contributed by atoms with Gasteiger partial charge in [0.05, 0.1) is 23.8 Å². The lowest BCUT2D eigenvalue weighted by Crippen LogP contribution is -2.59. The van der Waals surface area contributed by atoms with Crippen molar-refractivity contribution in [2.24, 2.45) is 11.8 Å². The molecule has 0 aromatic heterocycles. The Bertz CT molecular complexity index is 676. The predicted molar refractivity (Wildman–Crippen MR) is 90.3 cm³/mol. The van der Waals surface area contributed by atoms with Gasteiger partial charge in [-0.2, -0.15) is 0 Å². The van der Waals surface area contributed by atoms with Crippen molar-refractivity contribution in [1.82, 2.24) is 10.6 Å². The molecule has 1 aromatic carbocycles. The molecular formula is C18H20BrFN2O2. The molecule has 0 spiro atoms. The molecular weight excluding hydrogens is 375 g/mol. The molecule has 4 aliphatic rings. The molecule has 4 fully saturated rings. The van der Waals surface area contributed by atoms with Crippen LogP contribution in [0.2, 0.25) is 0 Å². The Balaban J connectivity index is 1.28.